The predicted octanol–water partition coefficient (Wildman–Crippen LogP) is 5.35. The molecule has 3 amide bonds. The second-order valence-corrected chi connectivity index (χ2v) is 10.3. The summed E-state index contributed by atoms with van der Waals surface area (Å²) in [6.07, 6.45) is 0. The van der Waals surface area contributed by atoms with Crippen LogP contribution in [0, 0.1) is 11.8 Å². The van der Waals surface area contributed by atoms with Crippen LogP contribution in [-0.4, -0.2) is 31.9 Å². The minimum absolute atomic E-state index is 0.160. The Hall–Kier alpha value is -4.91. The zero-order valence-electron chi connectivity index (χ0n) is 22.0. The number of anilines is 2. The maximum Gasteiger partial charge on any atom is 0.255 e. The van der Waals surface area contributed by atoms with Crippen molar-refractivity contribution >= 4 is 29.1 Å². The zero-order valence-corrected chi connectivity index (χ0v) is 22.0. The number of nitrogens with zero attached hydrogens (tertiary/aromatic N) is 1. The SMILES string of the molecule is COc1ccc(OC)c(NC(=O)c2ccc(N3C(=O)[C@@H]4C5c6ccccc6C(c6ccccc65)[C@@H]4C3=O)cc2)c1. The second kappa shape index (κ2) is 9.09. The molecule has 0 saturated carbocycles. The van der Waals surface area contributed by atoms with Gasteiger partial charge in [-0.15, -0.1) is 0 Å². The quantitative estimate of drug-likeness (QED) is 0.352. The standard InChI is InChI=1S/C33H26N2O5/c1-39-20-15-16-26(40-2)25(17-20)34-31(36)18-11-13-19(14-12-18)35-32(37)29-27-21-7-3-4-8-22(21)28(30(29)33(35)38)24-10-6-5-9-23(24)27/h3-17,27-30H,1-2H3,(H,34,36)/t27?,28?,29-,30+. The number of nitrogens with one attached hydrogen (secondary N) is 1. The molecule has 40 heavy (non-hydrogen) atoms. The number of hydrogen-bond donors (Lipinski definition) is 1. The highest BCUT2D eigenvalue weighted by Gasteiger charge is 2.61. The van der Waals surface area contributed by atoms with Crippen molar-refractivity contribution in [3.05, 3.63) is 119 Å². The number of imide groups is 1. The van der Waals surface area contributed by atoms with E-state index in [0.29, 0.717) is 28.4 Å². The highest BCUT2D eigenvalue weighted by Crippen LogP contribution is 2.61. The summed E-state index contributed by atoms with van der Waals surface area (Å²) >= 11 is 0. The van der Waals surface area contributed by atoms with E-state index in [1.54, 1.807) is 49.6 Å². The number of carbonyl (C=O) groups excluding carboxylic acids is 3. The lowest BCUT2D eigenvalue weighted by Gasteiger charge is -2.45. The fraction of sp³-hybridized carbons (Fsp3) is 0.182. The lowest BCUT2D eigenvalue weighted by atomic mass is 9.55. The molecule has 7 heteroatoms. The molecule has 2 atom stereocenters. The second-order valence-electron chi connectivity index (χ2n) is 10.3. The van der Waals surface area contributed by atoms with Crippen molar-refractivity contribution in [3.63, 3.8) is 0 Å². The van der Waals surface area contributed by atoms with Crippen LogP contribution in [0.3, 0.4) is 0 Å². The molecule has 0 unspecified atom stereocenters. The van der Waals surface area contributed by atoms with Gasteiger partial charge in [-0.25, -0.2) is 4.90 Å². The molecular formula is C33H26N2O5. The number of rotatable bonds is 5. The molecule has 198 valence electrons. The minimum atomic E-state index is -0.453. The summed E-state index contributed by atoms with van der Waals surface area (Å²) in [5.74, 6) is -0.875. The van der Waals surface area contributed by atoms with E-state index in [-0.39, 0.29) is 29.6 Å². The van der Waals surface area contributed by atoms with E-state index in [2.05, 4.69) is 29.6 Å². The summed E-state index contributed by atoms with van der Waals surface area (Å²) in [5.41, 5.74) is 5.86. The van der Waals surface area contributed by atoms with Crippen molar-refractivity contribution in [2.45, 2.75) is 11.8 Å². The first kappa shape index (κ1) is 24.2. The van der Waals surface area contributed by atoms with Gasteiger partial charge in [0.25, 0.3) is 5.91 Å². The summed E-state index contributed by atoms with van der Waals surface area (Å²) in [5, 5.41) is 2.85. The van der Waals surface area contributed by atoms with Crippen LogP contribution in [0.1, 0.15) is 44.4 Å². The van der Waals surface area contributed by atoms with E-state index in [9.17, 15) is 14.4 Å². The normalized spacial score (nSPS) is 21.9. The van der Waals surface area contributed by atoms with Gasteiger partial charge in [-0.2, -0.15) is 0 Å². The van der Waals surface area contributed by atoms with Crippen molar-refractivity contribution in [2.24, 2.45) is 11.8 Å². The van der Waals surface area contributed by atoms with Gasteiger partial charge < -0.3 is 14.8 Å². The maximum atomic E-state index is 14.0. The lowest BCUT2D eigenvalue weighted by Crippen LogP contribution is -2.41. The van der Waals surface area contributed by atoms with Crippen LogP contribution in [0.4, 0.5) is 11.4 Å². The lowest BCUT2D eigenvalue weighted by molar-refractivity contribution is -0.122. The van der Waals surface area contributed by atoms with E-state index in [0.717, 1.165) is 22.3 Å². The summed E-state index contributed by atoms with van der Waals surface area (Å²) in [6, 6.07) is 28.1. The summed E-state index contributed by atoms with van der Waals surface area (Å²) in [6.45, 7) is 0. The van der Waals surface area contributed by atoms with E-state index in [1.807, 2.05) is 24.3 Å². The monoisotopic (exact) mass is 530 g/mol. The number of amides is 3. The van der Waals surface area contributed by atoms with Gasteiger partial charge in [-0.05, 0) is 58.7 Å². The molecule has 0 spiro atoms. The largest absolute Gasteiger partial charge is 0.497 e. The molecule has 2 bridgehead atoms. The predicted molar refractivity (Wildman–Crippen MR) is 150 cm³/mol. The molecule has 0 radical (unpaired) electrons. The van der Waals surface area contributed by atoms with Gasteiger partial charge >= 0.3 is 0 Å². The van der Waals surface area contributed by atoms with Crippen molar-refractivity contribution in [2.75, 3.05) is 24.4 Å². The Bertz CT molecular complexity index is 1580. The molecule has 4 aliphatic rings. The number of ether oxygens (including phenoxy) is 2. The molecule has 1 aliphatic heterocycles. The van der Waals surface area contributed by atoms with Gasteiger partial charge in [0.2, 0.25) is 11.8 Å². The van der Waals surface area contributed by atoms with E-state index >= 15 is 0 Å². The molecule has 3 aliphatic carbocycles. The fourth-order valence-electron chi connectivity index (χ4n) is 6.80. The molecule has 1 fully saturated rings. The summed E-state index contributed by atoms with van der Waals surface area (Å²) in [7, 11) is 3.07. The fourth-order valence-corrected chi connectivity index (χ4v) is 6.80. The molecule has 8 rings (SSSR count). The van der Waals surface area contributed by atoms with Gasteiger partial charge in [0.05, 0.1) is 37.4 Å². The summed E-state index contributed by atoms with van der Waals surface area (Å²) in [4.78, 5) is 42.3. The summed E-state index contributed by atoms with van der Waals surface area (Å²) < 4.78 is 10.6. The topological polar surface area (TPSA) is 84.9 Å². The Morgan fingerprint density at radius 2 is 1.23 bits per heavy atom. The third-order valence-electron chi connectivity index (χ3n) is 8.49. The van der Waals surface area contributed by atoms with Crippen molar-refractivity contribution in [1.82, 2.24) is 0 Å². The Kier molecular flexibility index (Phi) is 5.49. The molecule has 4 aromatic carbocycles. The van der Waals surface area contributed by atoms with Crippen LogP contribution in [-0.2, 0) is 9.59 Å². The number of hydrogen-bond acceptors (Lipinski definition) is 5. The van der Waals surface area contributed by atoms with Crippen LogP contribution in [0.25, 0.3) is 0 Å². The Labute approximate surface area is 231 Å². The highest BCUT2D eigenvalue weighted by molar-refractivity contribution is 6.23. The van der Waals surface area contributed by atoms with Crippen molar-refractivity contribution < 1.29 is 23.9 Å². The third kappa shape index (κ3) is 3.40. The van der Waals surface area contributed by atoms with E-state index in [4.69, 9.17) is 9.47 Å². The molecule has 7 nitrogen and oxygen atoms in total. The first-order valence-corrected chi connectivity index (χ1v) is 13.2. The Balaban J connectivity index is 1.19. The molecule has 1 heterocycles. The van der Waals surface area contributed by atoms with Crippen LogP contribution >= 0.6 is 0 Å². The van der Waals surface area contributed by atoms with Gasteiger partial charge in [-0.3, -0.25) is 14.4 Å². The average molecular weight is 531 g/mol. The first-order chi connectivity index (χ1) is 19.5. The van der Waals surface area contributed by atoms with E-state index < -0.39 is 11.8 Å². The Morgan fingerprint density at radius 3 is 1.70 bits per heavy atom. The Morgan fingerprint density at radius 1 is 0.700 bits per heavy atom. The third-order valence-corrected chi connectivity index (χ3v) is 8.49. The van der Waals surface area contributed by atoms with Gasteiger partial charge in [-0.1, -0.05) is 48.5 Å². The maximum absolute atomic E-state index is 14.0. The molecular weight excluding hydrogens is 504 g/mol. The minimum Gasteiger partial charge on any atom is -0.497 e. The molecule has 4 aromatic rings. The zero-order chi connectivity index (χ0) is 27.5. The number of methoxy groups -OCH3 is 2. The number of benzene rings is 4. The van der Waals surface area contributed by atoms with Gasteiger partial charge in [0, 0.05) is 23.5 Å². The number of carbonyl (C=O) groups is 3. The smallest absolute Gasteiger partial charge is 0.255 e. The van der Waals surface area contributed by atoms with Crippen LogP contribution in [0.15, 0.2) is 91.0 Å². The molecule has 1 saturated heterocycles. The average Bonchev–Trinajstić information content (AvgIpc) is 3.27. The van der Waals surface area contributed by atoms with Crippen molar-refractivity contribution in [1.29, 1.82) is 0 Å². The highest BCUT2D eigenvalue weighted by atomic mass is 16.5. The van der Waals surface area contributed by atoms with Crippen LogP contribution in [0.2, 0.25) is 0 Å². The first-order valence-electron chi connectivity index (χ1n) is 13.2. The van der Waals surface area contributed by atoms with Gasteiger partial charge in [0.1, 0.15) is 11.5 Å². The molecule has 0 aromatic heterocycles. The van der Waals surface area contributed by atoms with Crippen LogP contribution < -0.4 is 19.7 Å². The van der Waals surface area contributed by atoms with Crippen LogP contribution in [0.5, 0.6) is 11.5 Å². The molecule has 1 N–H and O–H groups in total. The van der Waals surface area contributed by atoms with E-state index in [1.165, 1.54) is 12.0 Å². The van der Waals surface area contributed by atoms with Gasteiger partial charge in [0.15, 0.2) is 0 Å². The van der Waals surface area contributed by atoms with Crippen molar-refractivity contribution in [3.8, 4) is 11.5 Å².